The average Bonchev–Trinajstić information content (AvgIpc) is 3.77. The Morgan fingerprint density at radius 1 is 0.556 bits per heavy atom. The number of aromatic nitrogens is 2. The molecule has 3 heterocycles. The zero-order valence-corrected chi connectivity index (χ0v) is 25.5. The van der Waals surface area contributed by atoms with Crippen molar-refractivity contribution in [2.75, 3.05) is 0 Å². The molecule has 0 bridgehead atoms. The normalized spacial score (nSPS) is 14.6. The highest BCUT2D eigenvalue weighted by atomic mass is 32.1. The van der Waals surface area contributed by atoms with Gasteiger partial charge in [0.25, 0.3) is 0 Å². The maximum atomic E-state index is 3.60. The number of hydrogen-bond acceptors (Lipinski definition) is 1. The predicted octanol–water partition coefficient (Wildman–Crippen LogP) is 12.2. The molecule has 9 aromatic rings. The number of H-pyrrole nitrogens is 1. The summed E-state index contributed by atoms with van der Waals surface area (Å²) in [7, 11) is 0. The van der Waals surface area contributed by atoms with E-state index in [1.165, 1.54) is 74.9 Å². The first-order chi connectivity index (χ1) is 22.3. The molecular formula is C42H30N2S. The zero-order chi connectivity index (χ0) is 29.7. The van der Waals surface area contributed by atoms with Crippen LogP contribution in [0.25, 0.3) is 74.9 Å². The number of hydrogen-bond donors (Lipinski definition) is 1. The van der Waals surface area contributed by atoms with E-state index in [1.54, 1.807) is 0 Å². The Morgan fingerprint density at radius 2 is 1.31 bits per heavy atom. The van der Waals surface area contributed by atoms with Crippen molar-refractivity contribution in [3.63, 3.8) is 0 Å². The fourth-order valence-electron chi connectivity index (χ4n) is 7.05. The number of aromatic amines is 1. The molecule has 3 heteroatoms. The molecule has 0 fully saturated rings. The van der Waals surface area contributed by atoms with Gasteiger partial charge in [-0.25, -0.2) is 0 Å². The van der Waals surface area contributed by atoms with Crippen molar-refractivity contribution in [2.24, 2.45) is 0 Å². The summed E-state index contributed by atoms with van der Waals surface area (Å²) in [5.74, 6) is 0. The molecular weight excluding hydrogens is 565 g/mol. The van der Waals surface area contributed by atoms with Gasteiger partial charge in [-0.2, -0.15) is 0 Å². The maximum Gasteiger partial charge on any atom is 0.0560 e. The Hall–Kier alpha value is -5.38. The van der Waals surface area contributed by atoms with Crippen molar-refractivity contribution in [3.8, 4) is 11.1 Å². The molecule has 1 N–H and O–H groups in total. The highest BCUT2D eigenvalue weighted by Crippen LogP contribution is 2.40. The number of benzene rings is 6. The second-order valence-corrected chi connectivity index (χ2v) is 12.8. The van der Waals surface area contributed by atoms with Crippen LogP contribution in [0.5, 0.6) is 0 Å². The summed E-state index contributed by atoms with van der Waals surface area (Å²) in [6.45, 7) is 0. The molecule has 0 saturated carbocycles. The van der Waals surface area contributed by atoms with E-state index in [1.807, 2.05) is 11.3 Å². The summed E-state index contributed by atoms with van der Waals surface area (Å²) in [6.07, 6.45) is 9.90. The van der Waals surface area contributed by atoms with Gasteiger partial charge in [0.2, 0.25) is 0 Å². The van der Waals surface area contributed by atoms with Crippen molar-refractivity contribution in [2.45, 2.75) is 12.5 Å². The molecule has 1 atom stereocenters. The van der Waals surface area contributed by atoms with E-state index in [-0.39, 0.29) is 0 Å². The van der Waals surface area contributed by atoms with Crippen molar-refractivity contribution >= 4 is 75.1 Å². The minimum absolute atomic E-state index is 0.365. The monoisotopic (exact) mass is 594 g/mol. The quantitative estimate of drug-likeness (QED) is 0.206. The fourth-order valence-corrected chi connectivity index (χ4v) is 8.29. The molecule has 0 saturated heterocycles. The van der Waals surface area contributed by atoms with Crippen LogP contribution in [0.4, 0.5) is 0 Å². The van der Waals surface area contributed by atoms with E-state index in [4.69, 9.17) is 0 Å². The molecule has 1 aliphatic rings. The first-order valence-electron chi connectivity index (χ1n) is 15.6. The smallest absolute Gasteiger partial charge is 0.0560 e. The zero-order valence-electron chi connectivity index (χ0n) is 24.7. The largest absolute Gasteiger partial charge is 0.354 e. The maximum absolute atomic E-state index is 3.60. The van der Waals surface area contributed by atoms with Crippen molar-refractivity contribution in [1.82, 2.24) is 9.55 Å². The molecule has 0 radical (unpaired) electrons. The Balaban J connectivity index is 0.000000131. The molecule has 3 aromatic heterocycles. The van der Waals surface area contributed by atoms with Crippen molar-refractivity contribution in [1.29, 1.82) is 0 Å². The Kier molecular flexibility index (Phi) is 6.17. The van der Waals surface area contributed by atoms with Gasteiger partial charge in [0.15, 0.2) is 0 Å². The van der Waals surface area contributed by atoms with E-state index in [9.17, 15) is 0 Å². The minimum Gasteiger partial charge on any atom is -0.354 e. The van der Waals surface area contributed by atoms with Crippen molar-refractivity contribution in [3.05, 3.63) is 158 Å². The Bertz CT molecular complexity index is 2580. The van der Waals surface area contributed by atoms with E-state index in [0.717, 1.165) is 6.42 Å². The van der Waals surface area contributed by atoms with Gasteiger partial charge in [-0.1, -0.05) is 127 Å². The highest BCUT2D eigenvalue weighted by molar-refractivity contribution is 7.26. The third-order valence-electron chi connectivity index (χ3n) is 9.11. The first kappa shape index (κ1) is 26.1. The summed E-state index contributed by atoms with van der Waals surface area (Å²) >= 11 is 1.88. The predicted molar refractivity (Wildman–Crippen MR) is 196 cm³/mol. The van der Waals surface area contributed by atoms with Crippen LogP contribution < -0.4 is 0 Å². The average molecular weight is 595 g/mol. The molecule has 45 heavy (non-hydrogen) atoms. The van der Waals surface area contributed by atoms with Crippen LogP contribution in [-0.2, 0) is 0 Å². The van der Waals surface area contributed by atoms with E-state index < -0.39 is 0 Å². The van der Waals surface area contributed by atoms with Gasteiger partial charge in [0, 0.05) is 58.3 Å². The van der Waals surface area contributed by atoms with Crippen LogP contribution in [-0.4, -0.2) is 9.55 Å². The molecule has 0 spiro atoms. The van der Waals surface area contributed by atoms with Crippen LogP contribution in [0.15, 0.2) is 158 Å². The van der Waals surface area contributed by atoms with Gasteiger partial charge in [0.1, 0.15) is 0 Å². The van der Waals surface area contributed by atoms with Crippen LogP contribution >= 0.6 is 11.3 Å². The Morgan fingerprint density at radius 3 is 2.18 bits per heavy atom. The lowest BCUT2D eigenvalue weighted by Crippen LogP contribution is -2.06. The van der Waals surface area contributed by atoms with Gasteiger partial charge in [-0.15, -0.1) is 11.3 Å². The molecule has 6 aromatic carbocycles. The minimum atomic E-state index is 0.365. The van der Waals surface area contributed by atoms with E-state index in [0.29, 0.717) is 6.04 Å². The molecule has 1 aliphatic carbocycles. The number of fused-ring (bicyclic) bond motifs is 9. The number of thiophene rings is 1. The SMILES string of the molecule is C1=CCC(n2c3ccccc3c3cc4c(cc32)[nH]c2ccccc24)C=C1.c1ccc(-c2cccc3c2sc2ccccc23)cc1. The summed E-state index contributed by atoms with van der Waals surface area (Å²) < 4.78 is 5.24. The lowest BCUT2D eigenvalue weighted by Gasteiger charge is -2.18. The number of nitrogens with zero attached hydrogens (tertiary/aromatic N) is 1. The van der Waals surface area contributed by atoms with Gasteiger partial charge >= 0.3 is 0 Å². The second-order valence-electron chi connectivity index (χ2n) is 11.7. The van der Waals surface area contributed by atoms with E-state index in [2.05, 4.69) is 167 Å². The van der Waals surface area contributed by atoms with Gasteiger partial charge in [0.05, 0.1) is 11.6 Å². The number of nitrogens with one attached hydrogen (secondary N) is 1. The van der Waals surface area contributed by atoms with Gasteiger partial charge in [-0.05, 0) is 47.9 Å². The molecule has 0 aliphatic heterocycles. The van der Waals surface area contributed by atoms with Crippen LogP contribution in [0.3, 0.4) is 0 Å². The summed E-state index contributed by atoms with van der Waals surface area (Å²) in [5, 5.41) is 7.98. The fraction of sp³-hybridized carbons (Fsp3) is 0.0476. The molecule has 2 nitrogen and oxygen atoms in total. The number of para-hydroxylation sites is 2. The van der Waals surface area contributed by atoms with Crippen LogP contribution in [0.1, 0.15) is 12.5 Å². The van der Waals surface area contributed by atoms with Gasteiger partial charge < -0.3 is 9.55 Å². The summed E-state index contributed by atoms with van der Waals surface area (Å²) in [6, 6.07) is 48.2. The van der Waals surface area contributed by atoms with Crippen LogP contribution in [0, 0.1) is 0 Å². The van der Waals surface area contributed by atoms with Crippen LogP contribution in [0.2, 0.25) is 0 Å². The molecule has 214 valence electrons. The standard InChI is InChI=1S/C24H18N2.C18H12S/c1-2-8-16(9-3-1)26-23-13-7-5-11-18(23)20-14-19-17-10-4-6-12-21(17)25-22(19)15-24(20)26;1-2-7-13(8-3-1)14-10-6-11-16-15-9-4-5-12-17(15)19-18(14)16/h1-8,10-16,25H,9H2;1-12H. The number of rotatable bonds is 2. The summed E-state index contributed by atoms with van der Waals surface area (Å²) in [4.78, 5) is 3.60. The topological polar surface area (TPSA) is 20.7 Å². The number of allylic oxidation sites excluding steroid dienone is 4. The third-order valence-corrected chi connectivity index (χ3v) is 10.3. The van der Waals surface area contributed by atoms with Crippen molar-refractivity contribution < 1.29 is 0 Å². The Labute approximate surface area is 265 Å². The highest BCUT2D eigenvalue weighted by Gasteiger charge is 2.18. The van der Waals surface area contributed by atoms with E-state index >= 15 is 0 Å². The first-order valence-corrected chi connectivity index (χ1v) is 16.4. The third kappa shape index (κ3) is 4.31. The lowest BCUT2D eigenvalue weighted by atomic mass is 10.0. The second kappa shape index (κ2) is 10.7. The lowest BCUT2D eigenvalue weighted by molar-refractivity contribution is 0.648. The summed E-state index contributed by atoms with van der Waals surface area (Å²) in [5.41, 5.74) is 7.64. The molecule has 0 amide bonds. The molecule has 10 rings (SSSR count). The van der Waals surface area contributed by atoms with Gasteiger partial charge in [-0.3, -0.25) is 0 Å². The molecule has 1 unspecified atom stereocenters.